The van der Waals surface area contributed by atoms with E-state index in [0.717, 1.165) is 44.9 Å². The molecule has 1 saturated heterocycles. The van der Waals surface area contributed by atoms with Crippen LogP contribution < -0.4 is 5.32 Å². The summed E-state index contributed by atoms with van der Waals surface area (Å²) < 4.78 is 0. The number of carboxylic acids is 1. The van der Waals surface area contributed by atoms with Crippen molar-refractivity contribution in [2.45, 2.75) is 89.3 Å². The van der Waals surface area contributed by atoms with Gasteiger partial charge < -0.3 is 15.3 Å². The molecule has 0 aromatic carbocycles. The number of carboxylic acid groups (broad SMARTS) is 1. The standard InChI is InChI=1S/C16H28N2O3/c1-3-13-9-8-12(2)18(13)15(21)17-16(14(19)20)10-6-4-5-7-11-16/h12-13H,3-11H2,1-2H3,(H,17,21)(H,19,20). The Hall–Kier alpha value is -1.26. The van der Waals surface area contributed by atoms with Crippen molar-refractivity contribution in [1.29, 1.82) is 0 Å². The lowest BCUT2D eigenvalue weighted by atomic mass is 9.90. The van der Waals surface area contributed by atoms with Crippen molar-refractivity contribution in [2.24, 2.45) is 0 Å². The number of carbonyl (C=O) groups excluding carboxylic acids is 1. The quantitative estimate of drug-likeness (QED) is 0.786. The monoisotopic (exact) mass is 296 g/mol. The molecule has 5 heteroatoms. The van der Waals surface area contributed by atoms with Gasteiger partial charge in [0.15, 0.2) is 0 Å². The number of aliphatic carboxylic acids is 1. The minimum atomic E-state index is -1.06. The van der Waals surface area contributed by atoms with Gasteiger partial charge in [-0.2, -0.15) is 0 Å². The molecule has 1 saturated carbocycles. The molecule has 0 aromatic heterocycles. The third kappa shape index (κ3) is 3.33. The summed E-state index contributed by atoms with van der Waals surface area (Å²) in [5.41, 5.74) is -1.06. The van der Waals surface area contributed by atoms with Crippen LogP contribution in [0.15, 0.2) is 0 Å². The van der Waals surface area contributed by atoms with Crippen molar-refractivity contribution in [3.05, 3.63) is 0 Å². The summed E-state index contributed by atoms with van der Waals surface area (Å²) in [4.78, 5) is 26.3. The van der Waals surface area contributed by atoms with Gasteiger partial charge >= 0.3 is 12.0 Å². The van der Waals surface area contributed by atoms with Crippen LogP contribution in [-0.2, 0) is 4.79 Å². The first-order chi connectivity index (χ1) is 10.00. The molecule has 2 amide bonds. The van der Waals surface area contributed by atoms with Crippen LogP contribution in [0.5, 0.6) is 0 Å². The molecule has 0 radical (unpaired) electrons. The Balaban J connectivity index is 2.12. The first-order valence-corrected chi connectivity index (χ1v) is 8.34. The lowest BCUT2D eigenvalue weighted by Crippen LogP contribution is -2.59. The second-order valence-electron chi connectivity index (χ2n) is 6.63. The molecule has 2 rings (SSSR count). The maximum atomic E-state index is 12.7. The average Bonchev–Trinajstić information content (AvgIpc) is 2.67. The molecule has 0 spiro atoms. The van der Waals surface area contributed by atoms with E-state index in [9.17, 15) is 14.7 Å². The number of nitrogens with zero attached hydrogens (tertiary/aromatic N) is 1. The molecule has 2 unspecified atom stereocenters. The van der Waals surface area contributed by atoms with Crippen LogP contribution in [0.4, 0.5) is 4.79 Å². The van der Waals surface area contributed by atoms with E-state index in [0.29, 0.717) is 12.8 Å². The van der Waals surface area contributed by atoms with E-state index in [4.69, 9.17) is 0 Å². The smallest absolute Gasteiger partial charge is 0.329 e. The van der Waals surface area contributed by atoms with Crippen molar-refractivity contribution >= 4 is 12.0 Å². The van der Waals surface area contributed by atoms with E-state index in [1.807, 2.05) is 4.90 Å². The molecule has 2 atom stereocenters. The summed E-state index contributed by atoms with van der Waals surface area (Å²) >= 11 is 0. The summed E-state index contributed by atoms with van der Waals surface area (Å²) in [5.74, 6) is -0.877. The first kappa shape index (κ1) is 16.1. The highest BCUT2D eigenvalue weighted by Gasteiger charge is 2.43. The molecule has 2 fully saturated rings. The van der Waals surface area contributed by atoms with Crippen molar-refractivity contribution in [3.63, 3.8) is 0 Å². The van der Waals surface area contributed by atoms with Crippen LogP contribution in [0.1, 0.15) is 71.6 Å². The molecule has 5 nitrogen and oxygen atoms in total. The molecule has 120 valence electrons. The Morgan fingerprint density at radius 2 is 1.81 bits per heavy atom. The van der Waals surface area contributed by atoms with Crippen LogP contribution in [-0.4, -0.2) is 39.6 Å². The molecular formula is C16H28N2O3. The van der Waals surface area contributed by atoms with Gasteiger partial charge in [0.05, 0.1) is 0 Å². The number of amides is 2. The molecule has 0 aromatic rings. The molecule has 21 heavy (non-hydrogen) atoms. The fourth-order valence-electron chi connectivity index (χ4n) is 3.83. The number of nitrogens with one attached hydrogen (secondary N) is 1. The Labute approximate surface area is 127 Å². The average molecular weight is 296 g/mol. The molecule has 1 aliphatic carbocycles. The van der Waals surface area contributed by atoms with Gasteiger partial charge in [-0.3, -0.25) is 0 Å². The van der Waals surface area contributed by atoms with Gasteiger partial charge in [0.25, 0.3) is 0 Å². The third-order valence-corrected chi connectivity index (χ3v) is 5.20. The number of carbonyl (C=O) groups is 2. The maximum absolute atomic E-state index is 12.7. The number of hydrogen-bond acceptors (Lipinski definition) is 2. The van der Waals surface area contributed by atoms with Crippen LogP contribution in [0.3, 0.4) is 0 Å². The van der Waals surface area contributed by atoms with Gasteiger partial charge in [-0.25, -0.2) is 9.59 Å². The number of rotatable bonds is 3. The highest BCUT2D eigenvalue weighted by atomic mass is 16.4. The minimum absolute atomic E-state index is 0.184. The molecular weight excluding hydrogens is 268 g/mol. The molecule has 1 aliphatic heterocycles. The second-order valence-corrected chi connectivity index (χ2v) is 6.63. The predicted molar refractivity (Wildman–Crippen MR) is 81.2 cm³/mol. The summed E-state index contributed by atoms with van der Waals surface area (Å²) in [7, 11) is 0. The fourth-order valence-corrected chi connectivity index (χ4v) is 3.83. The molecule has 1 heterocycles. The number of urea groups is 1. The van der Waals surface area contributed by atoms with Crippen molar-refractivity contribution in [1.82, 2.24) is 10.2 Å². The van der Waals surface area contributed by atoms with Crippen LogP contribution in [0.2, 0.25) is 0 Å². The van der Waals surface area contributed by atoms with Crippen LogP contribution >= 0.6 is 0 Å². The highest BCUT2D eigenvalue weighted by Crippen LogP contribution is 2.30. The van der Waals surface area contributed by atoms with Crippen LogP contribution in [0.25, 0.3) is 0 Å². The van der Waals surface area contributed by atoms with Crippen molar-refractivity contribution in [3.8, 4) is 0 Å². The topological polar surface area (TPSA) is 69.6 Å². The van der Waals surface area contributed by atoms with Gasteiger partial charge in [0, 0.05) is 12.1 Å². The Bertz CT molecular complexity index is 389. The van der Waals surface area contributed by atoms with Gasteiger partial charge in [-0.1, -0.05) is 32.6 Å². The van der Waals surface area contributed by atoms with E-state index in [1.54, 1.807) is 0 Å². The molecule has 2 N–H and O–H groups in total. The van der Waals surface area contributed by atoms with E-state index < -0.39 is 11.5 Å². The maximum Gasteiger partial charge on any atom is 0.329 e. The van der Waals surface area contributed by atoms with Gasteiger partial charge in [0.1, 0.15) is 5.54 Å². The van der Waals surface area contributed by atoms with Gasteiger partial charge in [-0.15, -0.1) is 0 Å². The third-order valence-electron chi connectivity index (χ3n) is 5.20. The first-order valence-electron chi connectivity index (χ1n) is 8.34. The summed E-state index contributed by atoms with van der Waals surface area (Å²) in [6.07, 6.45) is 7.92. The van der Waals surface area contributed by atoms with E-state index in [1.165, 1.54) is 0 Å². The lowest BCUT2D eigenvalue weighted by Gasteiger charge is -2.35. The zero-order chi connectivity index (χ0) is 15.5. The van der Waals surface area contributed by atoms with Gasteiger partial charge in [0.2, 0.25) is 0 Å². The van der Waals surface area contributed by atoms with E-state index in [2.05, 4.69) is 19.2 Å². The lowest BCUT2D eigenvalue weighted by molar-refractivity contribution is -0.145. The van der Waals surface area contributed by atoms with E-state index >= 15 is 0 Å². The SMILES string of the molecule is CCC1CCC(C)N1C(=O)NC1(C(=O)O)CCCCCC1. The fraction of sp³-hybridized carbons (Fsp3) is 0.875. The summed E-state index contributed by atoms with van der Waals surface area (Å²) in [5, 5.41) is 12.6. The Morgan fingerprint density at radius 3 is 2.33 bits per heavy atom. The predicted octanol–water partition coefficient (Wildman–Crippen LogP) is 3.14. The number of likely N-dealkylation sites (tertiary alicyclic amines) is 1. The normalized spacial score (nSPS) is 29.0. The Kier molecular flexibility index (Phi) is 5.12. The molecule has 2 aliphatic rings. The highest BCUT2D eigenvalue weighted by molar-refractivity contribution is 5.86. The molecule has 0 bridgehead atoms. The Morgan fingerprint density at radius 1 is 1.19 bits per heavy atom. The van der Waals surface area contributed by atoms with Crippen molar-refractivity contribution < 1.29 is 14.7 Å². The zero-order valence-corrected chi connectivity index (χ0v) is 13.2. The summed E-state index contributed by atoms with van der Waals surface area (Å²) in [6.45, 7) is 4.14. The van der Waals surface area contributed by atoms with E-state index in [-0.39, 0.29) is 18.1 Å². The largest absolute Gasteiger partial charge is 0.480 e. The number of hydrogen-bond donors (Lipinski definition) is 2. The van der Waals surface area contributed by atoms with Gasteiger partial charge in [-0.05, 0) is 39.0 Å². The van der Waals surface area contributed by atoms with Crippen LogP contribution in [0, 0.1) is 0 Å². The van der Waals surface area contributed by atoms with Crippen molar-refractivity contribution in [2.75, 3.05) is 0 Å². The zero-order valence-electron chi connectivity index (χ0n) is 13.2. The second kappa shape index (κ2) is 6.67. The summed E-state index contributed by atoms with van der Waals surface area (Å²) in [6, 6.07) is 0.263. The minimum Gasteiger partial charge on any atom is -0.480 e.